The summed E-state index contributed by atoms with van der Waals surface area (Å²) in [5.74, 6) is -0.522. The molecular formula is C9H6ClN3O2. The van der Waals surface area contributed by atoms with Crippen LogP contribution in [0, 0.1) is 0 Å². The highest BCUT2D eigenvalue weighted by molar-refractivity contribution is 6.28. The molecule has 1 heterocycles. The highest BCUT2D eigenvalue weighted by Gasteiger charge is 2.06. The number of carbonyl (C=O) groups is 1. The molecule has 1 aromatic heterocycles. The topological polar surface area (TPSA) is 78.9 Å². The lowest BCUT2D eigenvalue weighted by Crippen LogP contribution is -1.95. The number of halogens is 1. The van der Waals surface area contributed by atoms with Crippen LogP contribution in [0.3, 0.4) is 0 Å². The Labute approximate surface area is 89.7 Å². The Hall–Kier alpha value is -1.88. The fourth-order valence-corrected chi connectivity index (χ4v) is 1.26. The van der Waals surface area contributed by atoms with Crippen molar-refractivity contribution in [3.8, 4) is 11.4 Å². The van der Waals surface area contributed by atoms with Gasteiger partial charge in [0.05, 0.1) is 5.56 Å². The average Bonchev–Trinajstić information content (AvgIpc) is 2.65. The van der Waals surface area contributed by atoms with E-state index in [4.69, 9.17) is 16.7 Å². The average molecular weight is 224 g/mol. The smallest absolute Gasteiger partial charge is 0.335 e. The number of H-pyrrole nitrogens is 1. The van der Waals surface area contributed by atoms with Gasteiger partial charge in [-0.15, -0.1) is 0 Å². The van der Waals surface area contributed by atoms with Crippen LogP contribution < -0.4 is 0 Å². The molecule has 0 radical (unpaired) electrons. The van der Waals surface area contributed by atoms with Crippen LogP contribution in [0.2, 0.25) is 5.28 Å². The maximum atomic E-state index is 10.6. The number of carboxylic acid groups (broad SMARTS) is 1. The lowest BCUT2D eigenvalue weighted by Gasteiger charge is -1.96. The zero-order chi connectivity index (χ0) is 10.8. The SMILES string of the molecule is O=C(O)c1ccc(-c2n[nH]c(Cl)n2)cc1. The molecule has 0 saturated heterocycles. The van der Waals surface area contributed by atoms with E-state index in [2.05, 4.69) is 15.2 Å². The molecule has 5 nitrogen and oxygen atoms in total. The van der Waals surface area contributed by atoms with Crippen molar-refractivity contribution >= 4 is 17.6 Å². The van der Waals surface area contributed by atoms with Gasteiger partial charge in [0.25, 0.3) is 0 Å². The molecule has 0 atom stereocenters. The van der Waals surface area contributed by atoms with Crippen molar-refractivity contribution in [2.24, 2.45) is 0 Å². The highest BCUT2D eigenvalue weighted by atomic mass is 35.5. The zero-order valence-electron chi connectivity index (χ0n) is 7.44. The summed E-state index contributed by atoms with van der Waals surface area (Å²) in [5.41, 5.74) is 0.934. The molecular weight excluding hydrogens is 218 g/mol. The Morgan fingerprint density at radius 1 is 1.33 bits per heavy atom. The second kappa shape index (κ2) is 3.70. The molecule has 2 aromatic rings. The molecule has 15 heavy (non-hydrogen) atoms. The van der Waals surface area contributed by atoms with Crippen LogP contribution >= 0.6 is 11.6 Å². The number of rotatable bonds is 2. The van der Waals surface area contributed by atoms with Gasteiger partial charge in [-0.05, 0) is 23.7 Å². The van der Waals surface area contributed by atoms with E-state index in [1.54, 1.807) is 12.1 Å². The van der Waals surface area contributed by atoms with Crippen molar-refractivity contribution in [2.45, 2.75) is 0 Å². The summed E-state index contributed by atoms with van der Waals surface area (Å²) in [5, 5.41) is 15.2. The number of nitrogens with zero attached hydrogens (tertiary/aromatic N) is 2. The predicted molar refractivity (Wildman–Crippen MR) is 53.8 cm³/mol. The molecule has 0 amide bonds. The Morgan fingerprint density at radius 2 is 2.00 bits per heavy atom. The van der Waals surface area contributed by atoms with E-state index in [1.165, 1.54) is 12.1 Å². The number of hydrogen-bond acceptors (Lipinski definition) is 3. The van der Waals surface area contributed by atoms with Gasteiger partial charge in [0.15, 0.2) is 5.82 Å². The first kappa shape index (κ1) is 9.67. The molecule has 0 unspecified atom stereocenters. The standard InChI is InChI=1S/C9H6ClN3O2/c10-9-11-7(12-13-9)5-1-3-6(4-2-5)8(14)15/h1-4H,(H,14,15)(H,11,12,13). The summed E-state index contributed by atoms with van der Waals surface area (Å²) >= 11 is 5.57. The molecule has 0 aliphatic rings. The Morgan fingerprint density at radius 3 is 2.47 bits per heavy atom. The van der Waals surface area contributed by atoms with Crippen LogP contribution in [0.15, 0.2) is 24.3 Å². The minimum atomic E-state index is -0.963. The van der Waals surface area contributed by atoms with Crippen molar-refractivity contribution in [3.63, 3.8) is 0 Å². The third-order valence-electron chi connectivity index (χ3n) is 1.85. The van der Waals surface area contributed by atoms with Gasteiger partial charge in [0.1, 0.15) is 0 Å². The van der Waals surface area contributed by atoms with Crippen molar-refractivity contribution in [3.05, 3.63) is 35.1 Å². The van der Waals surface area contributed by atoms with Gasteiger partial charge < -0.3 is 5.11 Å². The number of benzene rings is 1. The van der Waals surface area contributed by atoms with Gasteiger partial charge in [0.2, 0.25) is 5.28 Å². The van der Waals surface area contributed by atoms with Crippen molar-refractivity contribution in [2.75, 3.05) is 0 Å². The van der Waals surface area contributed by atoms with Crippen LogP contribution in [0.5, 0.6) is 0 Å². The van der Waals surface area contributed by atoms with E-state index in [1.807, 2.05) is 0 Å². The molecule has 0 bridgehead atoms. The summed E-state index contributed by atoms with van der Waals surface area (Å²) in [6.45, 7) is 0. The third kappa shape index (κ3) is 1.97. The molecule has 0 saturated carbocycles. The quantitative estimate of drug-likeness (QED) is 0.814. The minimum absolute atomic E-state index is 0.201. The number of nitrogens with one attached hydrogen (secondary N) is 1. The minimum Gasteiger partial charge on any atom is -0.478 e. The fraction of sp³-hybridized carbons (Fsp3) is 0. The maximum absolute atomic E-state index is 10.6. The van der Waals surface area contributed by atoms with E-state index in [9.17, 15) is 4.79 Å². The first-order valence-corrected chi connectivity index (χ1v) is 4.46. The molecule has 1 aromatic carbocycles. The van der Waals surface area contributed by atoms with Crippen molar-refractivity contribution in [1.82, 2.24) is 15.2 Å². The molecule has 2 N–H and O–H groups in total. The Balaban J connectivity index is 2.35. The first-order chi connectivity index (χ1) is 7.16. The van der Waals surface area contributed by atoms with Crippen LogP contribution in [0.4, 0.5) is 0 Å². The fourth-order valence-electron chi connectivity index (χ4n) is 1.13. The Kier molecular flexibility index (Phi) is 2.39. The van der Waals surface area contributed by atoms with Gasteiger partial charge in [0, 0.05) is 5.56 Å². The molecule has 0 aliphatic carbocycles. The number of hydrogen-bond donors (Lipinski definition) is 2. The van der Waals surface area contributed by atoms with Gasteiger partial charge in [-0.3, -0.25) is 0 Å². The van der Waals surface area contributed by atoms with E-state index in [0.29, 0.717) is 11.4 Å². The highest BCUT2D eigenvalue weighted by Crippen LogP contribution is 2.16. The maximum Gasteiger partial charge on any atom is 0.335 e. The second-order valence-electron chi connectivity index (χ2n) is 2.83. The second-order valence-corrected chi connectivity index (χ2v) is 3.19. The molecule has 6 heteroatoms. The van der Waals surface area contributed by atoms with Crippen molar-refractivity contribution < 1.29 is 9.90 Å². The van der Waals surface area contributed by atoms with Crippen LogP contribution in [0.25, 0.3) is 11.4 Å². The van der Waals surface area contributed by atoms with Gasteiger partial charge in [-0.1, -0.05) is 12.1 Å². The monoisotopic (exact) mass is 223 g/mol. The number of aromatic carboxylic acids is 1. The number of aromatic amines is 1. The van der Waals surface area contributed by atoms with E-state index < -0.39 is 5.97 Å². The molecule has 2 rings (SSSR count). The largest absolute Gasteiger partial charge is 0.478 e. The third-order valence-corrected chi connectivity index (χ3v) is 2.02. The predicted octanol–water partition coefficient (Wildman–Crippen LogP) is 1.82. The Bertz CT molecular complexity index is 492. The van der Waals surface area contributed by atoms with E-state index in [0.717, 1.165) is 0 Å². The number of aromatic nitrogens is 3. The van der Waals surface area contributed by atoms with E-state index >= 15 is 0 Å². The van der Waals surface area contributed by atoms with E-state index in [-0.39, 0.29) is 10.8 Å². The first-order valence-electron chi connectivity index (χ1n) is 4.08. The van der Waals surface area contributed by atoms with Crippen LogP contribution in [-0.4, -0.2) is 26.3 Å². The van der Waals surface area contributed by atoms with Gasteiger partial charge >= 0.3 is 5.97 Å². The normalized spacial score (nSPS) is 10.2. The van der Waals surface area contributed by atoms with Crippen LogP contribution in [0.1, 0.15) is 10.4 Å². The summed E-state index contributed by atoms with van der Waals surface area (Å²) < 4.78 is 0. The molecule has 0 spiro atoms. The summed E-state index contributed by atoms with van der Waals surface area (Å²) in [4.78, 5) is 14.5. The summed E-state index contributed by atoms with van der Waals surface area (Å²) in [6, 6.07) is 6.23. The lowest BCUT2D eigenvalue weighted by atomic mass is 10.1. The lowest BCUT2D eigenvalue weighted by molar-refractivity contribution is 0.0697. The summed E-state index contributed by atoms with van der Waals surface area (Å²) in [6.07, 6.45) is 0. The van der Waals surface area contributed by atoms with Crippen molar-refractivity contribution in [1.29, 1.82) is 0 Å². The van der Waals surface area contributed by atoms with Crippen LogP contribution in [-0.2, 0) is 0 Å². The van der Waals surface area contributed by atoms with Gasteiger partial charge in [-0.2, -0.15) is 10.1 Å². The molecule has 76 valence electrons. The summed E-state index contributed by atoms with van der Waals surface area (Å²) in [7, 11) is 0. The molecule has 0 aliphatic heterocycles. The van der Waals surface area contributed by atoms with Gasteiger partial charge in [-0.25, -0.2) is 9.89 Å². The zero-order valence-corrected chi connectivity index (χ0v) is 8.19. The molecule has 0 fully saturated rings. The number of carboxylic acids is 1.